The number of rotatable bonds is 3. The highest BCUT2D eigenvalue weighted by molar-refractivity contribution is 6.04. The minimum Gasteiger partial charge on any atom is -0.508 e. The second-order valence-electron chi connectivity index (χ2n) is 6.55. The van der Waals surface area contributed by atoms with Gasteiger partial charge in [-0.15, -0.1) is 0 Å². The van der Waals surface area contributed by atoms with Gasteiger partial charge >= 0.3 is 0 Å². The fourth-order valence-corrected chi connectivity index (χ4v) is 2.95. The van der Waals surface area contributed by atoms with Crippen LogP contribution in [0.5, 0.6) is 5.75 Å². The zero-order valence-electron chi connectivity index (χ0n) is 15.1. The zero-order chi connectivity index (χ0) is 19.7. The Morgan fingerprint density at radius 1 is 0.929 bits per heavy atom. The van der Waals surface area contributed by atoms with Crippen LogP contribution in [0.4, 0.5) is 5.69 Å². The Hall–Kier alpha value is -3.86. The molecule has 5 nitrogen and oxygen atoms in total. The van der Waals surface area contributed by atoms with E-state index in [1.54, 1.807) is 42.5 Å². The summed E-state index contributed by atoms with van der Waals surface area (Å²) < 4.78 is 5.87. The first kappa shape index (κ1) is 17.5. The van der Waals surface area contributed by atoms with Crippen molar-refractivity contribution in [3.63, 3.8) is 0 Å². The Balaban J connectivity index is 1.60. The van der Waals surface area contributed by atoms with Gasteiger partial charge in [-0.1, -0.05) is 23.8 Å². The molecule has 0 radical (unpaired) electrons. The van der Waals surface area contributed by atoms with Crippen LogP contribution in [0.3, 0.4) is 0 Å². The van der Waals surface area contributed by atoms with E-state index >= 15 is 0 Å². The van der Waals surface area contributed by atoms with Crippen LogP contribution in [0.25, 0.3) is 22.3 Å². The first-order valence-electron chi connectivity index (χ1n) is 8.75. The maximum absolute atomic E-state index is 12.4. The second kappa shape index (κ2) is 7.04. The third-order valence-corrected chi connectivity index (χ3v) is 4.44. The molecule has 0 aliphatic carbocycles. The lowest BCUT2D eigenvalue weighted by Crippen LogP contribution is -2.11. The Bertz CT molecular complexity index is 1220. The number of aryl methyl sites for hydroxylation is 1. The highest BCUT2D eigenvalue weighted by Crippen LogP contribution is 2.23. The molecule has 0 saturated heterocycles. The van der Waals surface area contributed by atoms with E-state index in [-0.39, 0.29) is 17.1 Å². The number of amides is 1. The monoisotopic (exact) mass is 371 g/mol. The second-order valence-corrected chi connectivity index (χ2v) is 6.55. The van der Waals surface area contributed by atoms with Crippen LogP contribution in [0.2, 0.25) is 0 Å². The van der Waals surface area contributed by atoms with E-state index in [1.807, 2.05) is 19.1 Å². The third-order valence-electron chi connectivity index (χ3n) is 4.44. The summed E-state index contributed by atoms with van der Waals surface area (Å²) in [7, 11) is 0. The summed E-state index contributed by atoms with van der Waals surface area (Å²) in [6, 6.07) is 20.0. The number of benzene rings is 3. The molecule has 0 aliphatic rings. The van der Waals surface area contributed by atoms with Crippen LogP contribution in [-0.4, -0.2) is 11.0 Å². The van der Waals surface area contributed by atoms with Gasteiger partial charge in [-0.2, -0.15) is 0 Å². The predicted octanol–water partition coefficient (Wildman–Crippen LogP) is 4.73. The van der Waals surface area contributed by atoms with Crippen molar-refractivity contribution in [1.82, 2.24) is 0 Å². The zero-order valence-corrected chi connectivity index (χ0v) is 15.1. The van der Waals surface area contributed by atoms with Crippen LogP contribution >= 0.6 is 0 Å². The molecular formula is C23H17NO4. The summed E-state index contributed by atoms with van der Waals surface area (Å²) >= 11 is 0. The van der Waals surface area contributed by atoms with Crippen LogP contribution < -0.4 is 10.7 Å². The molecule has 0 saturated carbocycles. The van der Waals surface area contributed by atoms with E-state index in [4.69, 9.17) is 4.42 Å². The number of carbonyl (C=O) groups excluding carboxylic acids is 1. The minimum absolute atomic E-state index is 0.103. The number of hydrogen-bond acceptors (Lipinski definition) is 4. The predicted molar refractivity (Wildman–Crippen MR) is 109 cm³/mol. The molecule has 0 aliphatic heterocycles. The van der Waals surface area contributed by atoms with Gasteiger partial charge in [-0.3, -0.25) is 9.59 Å². The topological polar surface area (TPSA) is 79.5 Å². The molecule has 0 atom stereocenters. The standard InChI is InChI=1S/C23H17NO4/c1-14-2-11-21-19(12-14)20(26)13-22(28-21)15-3-5-16(6-4-15)23(27)24-17-7-9-18(25)10-8-17/h2-13,25H,1H3,(H,24,27). The summed E-state index contributed by atoms with van der Waals surface area (Å²) in [5.41, 5.74) is 3.19. The third kappa shape index (κ3) is 3.50. The molecule has 0 bridgehead atoms. The smallest absolute Gasteiger partial charge is 0.255 e. The molecule has 0 spiro atoms. The molecule has 1 amide bonds. The van der Waals surface area contributed by atoms with Gasteiger partial charge in [0.1, 0.15) is 17.1 Å². The Morgan fingerprint density at radius 2 is 1.64 bits per heavy atom. The van der Waals surface area contributed by atoms with E-state index in [0.29, 0.717) is 33.5 Å². The van der Waals surface area contributed by atoms with Crippen molar-refractivity contribution in [2.24, 2.45) is 0 Å². The average molecular weight is 371 g/mol. The van der Waals surface area contributed by atoms with Crippen molar-refractivity contribution >= 4 is 22.6 Å². The SMILES string of the molecule is Cc1ccc2oc(-c3ccc(C(=O)Nc4ccc(O)cc4)cc3)cc(=O)c2c1. The average Bonchev–Trinajstić information content (AvgIpc) is 2.70. The molecule has 0 fully saturated rings. The fourth-order valence-electron chi connectivity index (χ4n) is 2.95. The summed E-state index contributed by atoms with van der Waals surface area (Å²) in [6.07, 6.45) is 0. The number of phenols is 1. The Kier molecular flexibility index (Phi) is 4.41. The van der Waals surface area contributed by atoms with E-state index in [0.717, 1.165) is 5.56 Å². The van der Waals surface area contributed by atoms with E-state index in [2.05, 4.69) is 5.32 Å². The normalized spacial score (nSPS) is 10.8. The Labute approximate surface area is 160 Å². The van der Waals surface area contributed by atoms with Gasteiger partial charge in [-0.25, -0.2) is 0 Å². The van der Waals surface area contributed by atoms with Crippen molar-refractivity contribution in [2.45, 2.75) is 6.92 Å². The van der Waals surface area contributed by atoms with E-state index < -0.39 is 0 Å². The van der Waals surface area contributed by atoms with Crippen LogP contribution in [0, 0.1) is 6.92 Å². The molecule has 1 aromatic heterocycles. The summed E-state index contributed by atoms with van der Waals surface area (Å²) in [5, 5.41) is 12.6. The summed E-state index contributed by atoms with van der Waals surface area (Å²) in [4.78, 5) is 24.7. The largest absolute Gasteiger partial charge is 0.508 e. The van der Waals surface area contributed by atoms with Crippen LogP contribution in [-0.2, 0) is 0 Å². The van der Waals surface area contributed by atoms with Crippen molar-refractivity contribution in [3.8, 4) is 17.1 Å². The summed E-state index contributed by atoms with van der Waals surface area (Å²) in [5.74, 6) is 0.314. The number of hydrogen-bond donors (Lipinski definition) is 2. The van der Waals surface area contributed by atoms with E-state index in [1.165, 1.54) is 18.2 Å². The van der Waals surface area contributed by atoms with Gasteiger partial charge in [-0.05, 0) is 55.5 Å². The Morgan fingerprint density at radius 3 is 2.36 bits per heavy atom. The number of aromatic hydroxyl groups is 1. The number of anilines is 1. The van der Waals surface area contributed by atoms with Gasteiger partial charge in [0, 0.05) is 22.9 Å². The number of nitrogens with one attached hydrogen (secondary N) is 1. The first-order valence-corrected chi connectivity index (χ1v) is 8.75. The van der Waals surface area contributed by atoms with Crippen LogP contribution in [0.1, 0.15) is 15.9 Å². The highest BCUT2D eigenvalue weighted by atomic mass is 16.3. The number of carbonyl (C=O) groups is 1. The van der Waals surface area contributed by atoms with Gasteiger partial charge in [0.2, 0.25) is 0 Å². The molecular weight excluding hydrogens is 354 g/mol. The molecule has 138 valence electrons. The molecule has 0 unspecified atom stereocenters. The van der Waals surface area contributed by atoms with Gasteiger partial charge in [0.15, 0.2) is 5.43 Å². The van der Waals surface area contributed by atoms with Crippen molar-refractivity contribution < 1.29 is 14.3 Å². The van der Waals surface area contributed by atoms with Gasteiger partial charge < -0.3 is 14.8 Å². The van der Waals surface area contributed by atoms with Gasteiger partial charge in [0.25, 0.3) is 5.91 Å². The highest BCUT2D eigenvalue weighted by Gasteiger charge is 2.10. The maximum Gasteiger partial charge on any atom is 0.255 e. The lowest BCUT2D eigenvalue weighted by molar-refractivity contribution is 0.102. The maximum atomic E-state index is 12.4. The quantitative estimate of drug-likeness (QED) is 0.511. The molecule has 5 heteroatoms. The lowest BCUT2D eigenvalue weighted by atomic mass is 10.1. The fraction of sp³-hybridized carbons (Fsp3) is 0.0435. The van der Waals surface area contributed by atoms with Crippen molar-refractivity contribution in [1.29, 1.82) is 0 Å². The molecule has 1 heterocycles. The molecule has 3 aromatic carbocycles. The molecule has 2 N–H and O–H groups in total. The van der Waals surface area contributed by atoms with E-state index in [9.17, 15) is 14.7 Å². The van der Waals surface area contributed by atoms with Gasteiger partial charge in [0.05, 0.1) is 5.39 Å². The number of phenolic OH excluding ortho intramolecular Hbond substituents is 1. The van der Waals surface area contributed by atoms with Crippen molar-refractivity contribution in [3.05, 3.63) is 94.1 Å². The van der Waals surface area contributed by atoms with Crippen molar-refractivity contribution in [2.75, 3.05) is 5.32 Å². The number of fused-ring (bicyclic) bond motifs is 1. The molecule has 4 aromatic rings. The minimum atomic E-state index is -0.271. The lowest BCUT2D eigenvalue weighted by Gasteiger charge is -2.07. The summed E-state index contributed by atoms with van der Waals surface area (Å²) in [6.45, 7) is 1.93. The first-order chi connectivity index (χ1) is 13.5. The molecule has 28 heavy (non-hydrogen) atoms. The molecule has 4 rings (SSSR count). The van der Waals surface area contributed by atoms with Crippen LogP contribution in [0.15, 0.2) is 82.0 Å².